The van der Waals surface area contributed by atoms with Crippen LogP contribution in [0.25, 0.3) is 0 Å². The van der Waals surface area contributed by atoms with Crippen molar-refractivity contribution in [2.75, 3.05) is 11.5 Å². The Bertz CT molecular complexity index is 697. The number of nitrogens with zero attached hydrogens (tertiary/aromatic N) is 3. The van der Waals surface area contributed by atoms with E-state index >= 15 is 0 Å². The Kier molecular flexibility index (Phi) is 4.41. The second-order valence-electron chi connectivity index (χ2n) is 5.64. The molecule has 6 heteroatoms. The Morgan fingerprint density at radius 1 is 1.30 bits per heavy atom. The Balaban J connectivity index is 1.63. The maximum Gasteiger partial charge on any atom is 0.328 e. The minimum Gasteiger partial charge on any atom is -0.454 e. The van der Waals surface area contributed by atoms with Crippen LogP contribution in [0.2, 0.25) is 0 Å². The van der Waals surface area contributed by atoms with Crippen LogP contribution in [0.4, 0.5) is 5.69 Å². The van der Waals surface area contributed by atoms with Gasteiger partial charge in [-0.25, -0.2) is 0 Å². The van der Waals surface area contributed by atoms with Gasteiger partial charge in [0.1, 0.15) is 6.54 Å². The fourth-order valence-electron chi connectivity index (χ4n) is 2.85. The molecule has 120 valence electrons. The number of hydrogen-bond acceptors (Lipinski definition) is 4. The van der Waals surface area contributed by atoms with Gasteiger partial charge in [-0.3, -0.25) is 14.3 Å². The molecular formula is C17H19N3O3. The highest BCUT2D eigenvalue weighted by atomic mass is 16.5. The average Bonchev–Trinajstić information content (AvgIpc) is 3.05. The van der Waals surface area contributed by atoms with E-state index in [9.17, 15) is 9.59 Å². The number of fused-ring (bicyclic) bond motifs is 1. The number of aryl methyl sites for hydroxylation is 1. The summed E-state index contributed by atoms with van der Waals surface area (Å²) in [5, 5.41) is 3.94. The zero-order valence-corrected chi connectivity index (χ0v) is 13.0. The van der Waals surface area contributed by atoms with Crippen molar-refractivity contribution in [1.82, 2.24) is 9.78 Å². The molecule has 0 N–H and O–H groups in total. The minimum atomic E-state index is -0.472. The van der Waals surface area contributed by atoms with Gasteiger partial charge in [-0.1, -0.05) is 18.2 Å². The van der Waals surface area contributed by atoms with Crippen LogP contribution in [0.15, 0.2) is 42.7 Å². The molecule has 0 saturated heterocycles. The molecule has 0 fully saturated rings. The fourth-order valence-corrected chi connectivity index (χ4v) is 2.85. The third-order valence-corrected chi connectivity index (χ3v) is 4.00. The van der Waals surface area contributed by atoms with Crippen molar-refractivity contribution in [2.45, 2.75) is 32.4 Å². The zero-order chi connectivity index (χ0) is 16.2. The highest BCUT2D eigenvalue weighted by Crippen LogP contribution is 2.30. The van der Waals surface area contributed by atoms with Crippen molar-refractivity contribution in [3.63, 3.8) is 0 Å². The molecule has 2 heterocycles. The molecule has 0 radical (unpaired) electrons. The van der Waals surface area contributed by atoms with E-state index in [0.717, 1.165) is 24.1 Å². The predicted octanol–water partition coefficient (Wildman–Crippen LogP) is 1.79. The maximum absolute atomic E-state index is 12.5. The Morgan fingerprint density at radius 3 is 2.91 bits per heavy atom. The molecule has 23 heavy (non-hydrogen) atoms. The monoisotopic (exact) mass is 313 g/mol. The van der Waals surface area contributed by atoms with Gasteiger partial charge >= 0.3 is 5.97 Å². The van der Waals surface area contributed by atoms with Crippen LogP contribution in [0, 0.1) is 0 Å². The molecule has 3 rings (SSSR count). The normalized spacial score (nSPS) is 16.7. The number of aromatic nitrogens is 2. The lowest BCUT2D eigenvalue weighted by molar-refractivity contribution is -0.148. The van der Waals surface area contributed by atoms with Gasteiger partial charge in [0, 0.05) is 24.1 Å². The van der Waals surface area contributed by atoms with Crippen LogP contribution in [0.3, 0.4) is 0 Å². The number of carbonyl (C=O) groups is 2. The number of esters is 1. The maximum atomic E-state index is 12.5. The second-order valence-corrected chi connectivity index (χ2v) is 5.64. The summed E-state index contributed by atoms with van der Waals surface area (Å²) >= 11 is 0. The number of para-hydroxylation sites is 1. The first-order valence-corrected chi connectivity index (χ1v) is 7.68. The number of ether oxygens (including phenoxy) is 1. The molecule has 2 aromatic rings. The van der Waals surface area contributed by atoms with Gasteiger partial charge in [-0.2, -0.15) is 5.10 Å². The van der Waals surface area contributed by atoms with Crippen LogP contribution in [0.1, 0.15) is 18.9 Å². The van der Waals surface area contributed by atoms with Gasteiger partial charge in [0.25, 0.3) is 5.91 Å². The van der Waals surface area contributed by atoms with Crippen molar-refractivity contribution in [3.8, 4) is 0 Å². The molecule has 6 nitrogen and oxygen atoms in total. The molecule has 1 unspecified atom stereocenters. The summed E-state index contributed by atoms with van der Waals surface area (Å²) < 4.78 is 6.57. The largest absolute Gasteiger partial charge is 0.454 e. The lowest BCUT2D eigenvalue weighted by Crippen LogP contribution is -2.44. The van der Waals surface area contributed by atoms with Crippen molar-refractivity contribution < 1.29 is 14.3 Å². The lowest BCUT2D eigenvalue weighted by atomic mass is 9.96. The second kappa shape index (κ2) is 6.64. The Labute approximate surface area is 134 Å². The van der Waals surface area contributed by atoms with Crippen LogP contribution in [-0.2, 0) is 27.3 Å². The number of rotatable bonds is 4. The quantitative estimate of drug-likeness (QED) is 0.807. The molecule has 1 aromatic carbocycles. The molecule has 1 amide bonds. The van der Waals surface area contributed by atoms with Gasteiger partial charge in [0.15, 0.2) is 6.61 Å². The number of hydrogen-bond donors (Lipinski definition) is 0. The van der Waals surface area contributed by atoms with Crippen LogP contribution in [0.5, 0.6) is 0 Å². The van der Waals surface area contributed by atoms with E-state index < -0.39 is 5.97 Å². The van der Waals surface area contributed by atoms with Crippen molar-refractivity contribution >= 4 is 17.6 Å². The van der Waals surface area contributed by atoms with Gasteiger partial charge in [0.05, 0.1) is 0 Å². The van der Waals surface area contributed by atoms with E-state index in [1.807, 2.05) is 31.2 Å². The fraction of sp³-hybridized carbons (Fsp3) is 0.353. The Morgan fingerprint density at radius 2 is 2.13 bits per heavy atom. The topological polar surface area (TPSA) is 64.4 Å². The van der Waals surface area contributed by atoms with E-state index in [1.165, 1.54) is 4.68 Å². The van der Waals surface area contributed by atoms with Crippen LogP contribution in [-0.4, -0.2) is 34.3 Å². The molecule has 1 aliphatic heterocycles. The molecule has 1 atom stereocenters. The summed E-state index contributed by atoms with van der Waals surface area (Å²) in [6.45, 7) is 1.77. The molecule has 1 aliphatic rings. The van der Waals surface area contributed by atoms with E-state index in [1.54, 1.807) is 23.4 Å². The SMILES string of the molecule is CC1CCc2ccccc2N1C(=O)COC(=O)Cn1cccn1. The number of amides is 1. The van der Waals surface area contributed by atoms with E-state index in [-0.39, 0.29) is 25.1 Å². The molecular weight excluding hydrogens is 294 g/mol. The number of anilines is 1. The van der Waals surface area contributed by atoms with Crippen molar-refractivity contribution in [3.05, 3.63) is 48.3 Å². The summed E-state index contributed by atoms with van der Waals surface area (Å²) in [6.07, 6.45) is 5.13. The van der Waals surface area contributed by atoms with Crippen LogP contribution >= 0.6 is 0 Å². The molecule has 0 spiro atoms. The third-order valence-electron chi connectivity index (χ3n) is 4.00. The summed E-state index contributed by atoms with van der Waals surface area (Å²) in [5.74, 6) is -0.668. The summed E-state index contributed by atoms with van der Waals surface area (Å²) in [4.78, 5) is 26.0. The highest BCUT2D eigenvalue weighted by molar-refractivity contribution is 5.96. The first-order valence-electron chi connectivity index (χ1n) is 7.68. The summed E-state index contributed by atoms with van der Waals surface area (Å²) in [6, 6.07) is 9.69. The van der Waals surface area contributed by atoms with E-state index in [0.29, 0.717) is 0 Å². The van der Waals surface area contributed by atoms with Gasteiger partial charge < -0.3 is 9.64 Å². The van der Waals surface area contributed by atoms with Crippen molar-refractivity contribution in [1.29, 1.82) is 0 Å². The summed E-state index contributed by atoms with van der Waals surface area (Å²) in [5.41, 5.74) is 2.07. The van der Waals surface area contributed by atoms with Gasteiger partial charge in [0.2, 0.25) is 0 Å². The van der Waals surface area contributed by atoms with Gasteiger partial charge in [-0.15, -0.1) is 0 Å². The zero-order valence-electron chi connectivity index (χ0n) is 13.0. The molecule has 0 bridgehead atoms. The summed E-state index contributed by atoms with van der Waals surface area (Å²) in [7, 11) is 0. The third kappa shape index (κ3) is 3.41. The molecule has 0 aliphatic carbocycles. The predicted molar refractivity (Wildman–Crippen MR) is 84.9 cm³/mol. The molecule has 1 aromatic heterocycles. The first-order chi connectivity index (χ1) is 11.1. The smallest absolute Gasteiger partial charge is 0.328 e. The number of carbonyl (C=O) groups excluding carboxylic acids is 2. The van der Waals surface area contributed by atoms with Crippen LogP contribution < -0.4 is 4.90 Å². The number of benzene rings is 1. The minimum absolute atomic E-state index is 0.00637. The van der Waals surface area contributed by atoms with Crippen molar-refractivity contribution in [2.24, 2.45) is 0 Å². The first kappa shape index (κ1) is 15.3. The van der Waals surface area contributed by atoms with E-state index in [2.05, 4.69) is 5.10 Å². The van der Waals surface area contributed by atoms with E-state index in [4.69, 9.17) is 4.74 Å². The molecule has 0 saturated carbocycles. The van der Waals surface area contributed by atoms with Gasteiger partial charge in [-0.05, 0) is 37.5 Å². The average molecular weight is 313 g/mol. The highest BCUT2D eigenvalue weighted by Gasteiger charge is 2.28. The Hall–Kier alpha value is -2.63. The lowest BCUT2D eigenvalue weighted by Gasteiger charge is -2.35. The standard InChI is InChI=1S/C17H19N3O3/c1-13-7-8-14-5-2-3-6-15(14)20(13)16(21)12-23-17(22)11-19-10-4-9-18-19/h2-6,9-10,13H,7-8,11-12H2,1H3.